The predicted octanol–water partition coefficient (Wildman–Crippen LogP) is 5.53. The molecule has 0 aromatic heterocycles. The Kier molecular flexibility index (Phi) is 5.69. The monoisotopic (exact) mass is 433 g/mol. The van der Waals surface area contributed by atoms with Crippen LogP contribution in [0.3, 0.4) is 0 Å². The van der Waals surface area contributed by atoms with Crippen molar-refractivity contribution in [3.63, 3.8) is 0 Å². The van der Waals surface area contributed by atoms with Crippen molar-refractivity contribution in [1.29, 1.82) is 0 Å². The number of nitrogens with zero attached hydrogens (tertiary/aromatic N) is 1. The highest BCUT2D eigenvalue weighted by Gasteiger charge is 2.30. The molecule has 0 radical (unpaired) electrons. The van der Waals surface area contributed by atoms with Gasteiger partial charge in [0.1, 0.15) is 5.75 Å². The quantitative estimate of drug-likeness (QED) is 0.537. The molecule has 0 saturated heterocycles. The Hall–Kier alpha value is -3.70. The molecular weight excluding hydrogens is 414 g/mol. The maximum atomic E-state index is 13.4. The van der Waals surface area contributed by atoms with Crippen LogP contribution >= 0.6 is 11.6 Å². The van der Waals surface area contributed by atoms with E-state index in [-0.39, 0.29) is 11.7 Å². The molecule has 0 saturated carbocycles. The van der Waals surface area contributed by atoms with E-state index in [2.05, 4.69) is 0 Å². The topological polar surface area (TPSA) is 59.0 Å². The van der Waals surface area contributed by atoms with E-state index in [4.69, 9.17) is 21.1 Å². The Morgan fingerprint density at radius 1 is 0.935 bits per heavy atom. The summed E-state index contributed by atoms with van der Waals surface area (Å²) in [5, 5.41) is 10.6. The van der Waals surface area contributed by atoms with E-state index in [1.807, 2.05) is 30.3 Å². The van der Waals surface area contributed by atoms with E-state index in [0.717, 1.165) is 11.1 Å². The van der Waals surface area contributed by atoms with Crippen LogP contribution in [0.25, 0.3) is 11.8 Å². The zero-order chi connectivity index (χ0) is 22.0. The third kappa shape index (κ3) is 4.13. The Morgan fingerprint density at radius 2 is 1.68 bits per heavy atom. The molecule has 0 atom stereocenters. The minimum Gasteiger partial charge on any atom is -0.508 e. The number of carbonyl (C=O) groups excluding carboxylic acids is 1. The van der Waals surface area contributed by atoms with Gasteiger partial charge in [0.05, 0.1) is 25.6 Å². The molecule has 1 N–H and O–H groups in total. The molecule has 5 nitrogen and oxygen atoms in total. The Labute approximate surface area is 185 Å². The molecule has 156 valence electrons. The average molecular weight is 434 g/mol. The van der Waals surface area contributed by atoms with Crippen LogP contribution in [-0.4, -0.2) is 25.2 Å². The molecular formula is C25H20ClNO4. The molecule has 0 spiro atoms. The van der Waals surface area contributed by atoms with Crippen molar-refractivity contribution in [3.8, 4) is 17.2 Å². The first kappa shape index (κ1) is 20.6. The fourth-order valence-corrected chi connectivity index (χ4v) is 3.59. The summed E-state index contributed by atoms with van der Waals surface area (Å²) in [5.74, 6) is 1.07. The smallest absolute Gasteiger partial charge is 0.262 e. The fraction of sp³-hybridized carbons (Fsp3) is 0.0800. The molecule has 1 heterocycles. The number of phenolic OH excluding ortho intramolecular Hbond substituents is 1. The first-order valence-corrected chi connectivity index (χ1v) is 9.93. The van der Waals surface area contributed by atoms with E-state index in [1.165, 1.54) is 0 Å². The van der Waals surface area contributed by atoms with Crippen molar-refractivity contribution in [2.75, 3.05) is 19.1 Å². The maximum Gasteiger partial charge on any atom is 0.262 e. The van der Waals surface area contributed by atoms with Gasteiger partial charge in [-0.15, -0.1) is 0 Å². The Balaban J connectivity index is 1.81. The molecule has 1 aliphatic rings. The summed E-state index contributed by atoms with van der Waals surface area (Å²) in [4.78, 5) is 15.0. The van der Waals surface area contributed by atoms with Gasteiger partial charge in [0.15, 0.2) is 11.5 Å². The highest BCUT2D eigenvalue weighted by atomic mass is 35.5. The number of amides is 1. The zero-order valence-corrected chi connectivity index (χ0v) is 17.8. The Bertz CT molecular complexity index is 1200. The summed E-state index contributed by atoms with van der Waals surface area (Å²) in [6.07, 6.45) is 3.62. The van der Waals surface area contributed by atoms with Gasteiger partial charge in [-0.3, -0.25) is 9.69 Å². The number of anilines is 1. The molecule has 4 rings (SSSR count). The lowest BCUT2D eigenvalue weighted by Gasteiger charge is -2.21. The number of rotatable bonds is 5. The van der Waals surface area contributed by atoms with Crippen LogP contribution in [-0.2, 0) is 4.79 Å². The van der Waals surface area contributed by atoms with Crippen molar-refractivity contribution >= 4 is 35.0 Å². The molecule has 0 aliphatic carbocycles. The lowest BCUT2D eigenvalue weighted by Crippen LogP contribution is -2.24. The van der Waals surface area contributed by atoms with Gasteiger partial charge in [0, 0.05) is 16.7 Å². The van der Waals surface area contributed by atoms with Crippen LogP contribution in [0, 0.1) is 0 Å². The summed E-state index contributed by atoms with van der Waals surface area (Å²) in [7, 11) is 3.14. The Morgan fingerprint density at radius 3 is 2.35 bits per heavy atom. The molecule has 1 aliphatic heterocycles. The van der Waals surface area contributed by atoms with Crippen LogP contribution in [0.4, 0.5) is 5.69 Å². The van der Waals surface area contributed by atoms with Gasteiger partial charge in [-0.2, -0.15) is 0 Å². The third-order valence-electron chi connectivity index (χ3n) is 4.94. The van der Waals surface area contributed by atoms with E-state index in [1.54, 1.807) is 67.7 Å². The number of methoxy groups -OCH3 is 2. The predicted molar refractivity (Wildman–Crippen MR) is 123 cm³/mol. The molecule has 6 heteroatoms. The minimum absolute atomic E-state index is 0.0816. The van der Waals surface area contributed by atoms with Crippen LogP contribution in [0.5, 0.6) is 17.2 Å². The largest absolute Gasteiger partial charge is 0.508 e. The zero-order valence-electron chi connectivity index (χ0n) is 17.0. The molecule has 31 heavy (non-hydrogen) atoms. The van der Waals surface area contributed by atoms with Gasteiger partial charge in [-0.05, 0) is 59.7 Å². The molecule has 0 fully saturated rings. The number of ether oxygens (including phenoxy) is 2. The number of hydrogen-bond donors (Lipinski definition) is 1. The number of benzene rings is 3. The summed E-state index contributed by atoms with van der Waals surface area (Å²) >= 11 is 6.04. The molecule has 0 unspecified atom stereocenters. The SMILES string of the molecule is COc1ccc(/C=C2\C=C(c3ccc(Cl)cc3)N(c3cccc(O)c3)C2=O)cc1OC. The van der Waals surface area contributed by atoms with Crippen LogP contribution in [0.1, 0.15) is 11.1 Å². The van der Waals surface area contributed by atoms with Crippen molar-refractivity contribution in [2.45, 2.75) is 0 Å². The fourth-order valence-electron chi connectivity index (χ4n) is 3.46. The summed E-state index contributed by atoms with van der Waals surface area (Å²) in [6, 6.07) is 19.3. The lowest BCUT2D eigenvalue weighted by atomic mass is 10.1. The number of aromatic hydroxyl groups is 1. The van der Waals surface area contributed by atoms with E-state index >= 15 is 0 Å². The van der Waals surface area contributed by atoms with Crippen molar-refractivity contribution in [2.24, 2.45) is 0 Å². The van der Waals surface area contributed by atoms with Gasteiger partial charge >= 0.3 is 0 Å². The minimum atomic E-state index is -0.203. The van der Waals surface area contributed by atoms with E-state index in [9.17, 15) is 9.90 Å². The van der Waals surface area contributed by atoms with E-state index < -0.39 is 0 Å². The maximum absolute atomic E-state index is 13.4. The summed E-state index contributed by atoms with van der Waals surface area (Å²) in [6.45, 7) is 0. The first-order chi connectivity index (χ1) is 15.0. The second kappa shape index (κ2) is 8.58. The highest BCUT2D eigenvalue weighted by molar-refractivity contribution is 6.30. The summed E-state index contributed by atoms with van der Waals surface area (Å²) < 4.78 is 10.7. The number of carbonyl (C=O) groups is 1. The summed E-state index contributed by atoms with van der Waals surface area (Å²) in [5.41, 5.74) is 3.39. The van der Waals surface area contributed by atoms with Gasteiger partial charge in [-0.25, -0.2) is 0 Å². The van der Waals surface area contributed by atoms with Crippen LogP contribution in [0.15, 0.2) is 78.4 Å². The third-order valence-corrected chi connectivity index (χ3v) is 5.19. The molecule has 3 aromatic carbocycles. The van der Waals surface area contributed by atoms with Crippen molar-refractivity contribution < 1.29 is 19.4 Å². The molecule has 0 bridgehead atoms. The van der Waals surface area contributed by atoms with Crippen LogP contribution in [0.2, 0.25) is 5.02 Å². The van der Waals surface area contributed by atoms with Gasteiger partial charge < -0.3 is 14.6 Å². The highest BCUT2D eigenvalue weighted by Crippen LogP contribution is 2.37. The number of phenols is 1. The second-order valence-electron chi connectivity index (χ2n) is 6.91. The number of halogens is 1. The second-order valence-corrected chi connectivity index (χ2v) is 7.35. The van der Waals surface area contributed by atoms with Gasteiger partial charge in [0.25, 0.3) is 5.91 Å². The first-order valence-electron chi connectivity index (χ1n) is 9.55. The number of hydrogen-bond acceptors (Lipinski definition) is 4. The standard InChI is InChI=1S/C25H20ClNO4/c1-30-23-11-6-16(13-24(23)31-2)12-18-14-22(17-7-9-19(26)10-8-17)27(25(18)29)20-4-3-5-21(28)15-20/h3-15,28H,1-2H3/b18-12+. The van der Waals surface area contributed by atoms with Crippen molar-refractivity contribution in [1.82, 2.24) is 0 Å². The molecule has 1 amide bonds. The average Bonchev–Trinajstić information content (AvgIpc) is 3.10. The lowest BCUT2D eigenvalue weighted by molar-refractivity contribution is -0.113. The van der Waals surface area contributed by atoms with Gasteiger partial charge in [0.2, 0.25) is 0 Å². The van der Waals surface area contributed by atoms with E-state index in [0.29, 0.717) is 33.5 Å². The van der Waals surface area contributed by atoms with Crippen LogP contribution < -0.4 is 14.4 Å². The van der Waals surface area contributed by atoms with Gasteiger partial charge in [-0.1, -0.05) is 35.9 Å². The van der Waals surface area contributed by atoms with Crippen molar-refractivity contribution in [3.05, 3.63) is 94.5 Å². The molecule has 3 aromatic rings. The normalized spacial score (nSPS) is 14.7.